The number of hydrogen-bond acceptors (Lipinski definition) is 3. The summed E-state index contributed by atoms with van der Waals surface area (Å²) in [6, 6.07) is 27.4. The van der Waals surface area contributed by atoms with E-state index in [1.54, 1.807) is 27.8 Å². The number of carbonyl (C=O) groups is 2. The number of rotatable bonds is 10. The summed E-state index contributed by atoms with van der Waals surface area (Å²) in [5, 5.41) is 7.63. The first-order valence-corrected chi connectivity index (χ1v) is 13.1. The number of amides is 2. The smallest absolute Gasteiger partial charge is 0.245 e. The minimum absolute atomic E-state index is 0.0273. The summed E-state index contributed by atoms with van der Waals surface area (Å²) >= 11 is 0. The van der Waals surface area contributed by atoms with Gasteiger partial charge in [-0.15, -0.1) is 0 Å². The predicted molar refractivity (Wildman–Crippen MR) is 146 cm³/mol. The van der Waals surface area contributed by atoms with Crippen LogP contribution in [-0.4, -0.2) is 39.6 Å². The Morgan fingerprint density at radius 1 is 1.00 bits per heavy atom. The van der Waals surface area contributed by atoms with E-state index in [-0.39, 0.29) is 36.0 Å². The predicted octanol–water partition coefficient (Wildman–Crippen LogP) is 6.05. The fourth-order valence-corrected chi connectivity index (χ4v) is 4.74. The van der Waals surface area contributed by atoms with Crippen LogP contribution in [-0.2, 0) is 9.59 Å². The quantitative estimate of drug-likeness (QED) is 0.282. The summed E-state index contributed by atoms with van der Waals surface area (Å²) in [5.74, 6) is -0.0416. The Balaban J connectivity index is 1.34. The lowest BCUT2D eigenvalue weighted by molar-refractivity contribution is -0.136. The number of benzene rings is 3. The second kappa shape index (κ2) is 11.4. The van der Waals surface area contributed by atoms with E-state index in [1.165, 1.54) is 17.7 Å². The first kappa shape index (κ1) is 25.4. The van der Waals surface area contributed by atoms with Crippen LogP contribution >= 0.6 is 0 Å². The van der Waals surface area contributed by atoms with Crippen LogP contribution in [0.4, 0.5) is 10.2 Å². The fraction of sp³-hybridized carbons (Fsp3) is 0.258. The average Bonchev–Trinajstić information content (AvgIpc) is 3.65. The second-order valence-corrected chi connectivity index (χ2v) is 9.69. The van der Waals surface area contributed by atoms with Crippen LogP contribution in [0.15, 0.2) is 91.0 Å². The molecule has 0 bridgehead atoms. The third-order valence-corrected chi connectivity index (χ3v) is 6.88. The normalized spacial score (nSPS) is 16.2. The van der Waals surface area contributed by atoms with Gasteiger partial charge in [0.1, 0.15) is 11.6 Å². The SMILES string of the molecule is CCCCN(CC(=O)Nc1cc(-c2ccccc2)nn1-c1ccc(F)cc1)C(=O)[C@@H]1C[C@H]1c1ccccc1. The molecule has 0 saturated heterocycles. The third kappa shape index (κ3) is 5.83. The molecular weight excluding hydrogens is 479 g/mol. The van der Waals surface area contributed by atoms with Gasteiger partial charge in [0, 0.05) is 24.1 Å². The molecule has 1 aromatic heterocycles. The molecule has 1 saturated carbocycles. The van der Waals surface area contributed by atoms with Crippen molar-refractivity contribution >= 4 is 17.6 Å². The minimum atomic E-state index is -0.353. The van der Waals surface area contributed by atoms with Crippen LogP contribution in [0.3, 0.4) is 0 Å². The van der Waals surface area contributed by atoms with E-state index in [1.807, 2.05) is 48.5 Å². The fourth-order valence-electron chi connectivity index (χ4n) is 4.74. The molecule has 0 spiro atoms. The lowest BCUT2D eigenvalue weighted by Crippen LogP contribution is -2.40. The summed E-state index contributed by atoms with van der Waals surface area (Å²) in [6.45, 7) is 2.57. The molecule has 6 nitrogen and oxygen atoms in total. The Hall–Kier alpha value is -4.26. The van der Waals surface area contributed by atoms with Gasteiger partial charge in [-0.25, -0.2) is 9.07 Å². The maximum Gasteiger partial charge on any atom is 0.245 e. The summed E-state index contributed by atoms with van der Waals surface area (Å²) in [7, 11) is 0. The van der Waals surface area contributed by atoms with Crippen molar-refractivity contribution in [3.63, 3.8) is 0 Å². The van der Waals surface area contributed by atoms with Gasteiger partial charge in [0.05, 0.1) is 17.9 Å². The minimum Gasteiger partial charge on any atom is -0.333 e. The largest absolute Gasteiger partial charge is 0.333 e. The van der Waals surface area contributed by atoms with Crippen LogP contribution in [0.25, 0.3) is 16.9 Å². The second-order valence-electron chi connectivity index (χ2n) is 9.69. The van der Waals surface area contributed by atoms with Crippen molar-refractivity contribution < 1.29 is 14.0 Å². The van der Waals surface area contributed by atoms with Crippen molar-refractivity contribution in [3.8, 4) is 16.9 Å². The van der Waals surface area contributed by atoms with E-state index >= 15 is 0 Å². The number of carbonyl (C=O) groups excluding carboxylic acids is 2. The Morgan fingerprint density at radius 2 is 1.68 bits per heavy atom. The summed E-state index contributed by atoms with van der Waals surface area (Å²) in [6.07, 6.45) is 2.56. The van der Waals surface area contributed by atoms with Crippen molar-refractivity contribution in [1.29, 1.82) is 0 Å². The number of unbranched alkanes of at least 4 members (excludes halogenated alkanes) is 1. The van der Waals surface area contributed by atoms with Crippen molar-refractivity contribution in [2.75, 3.05) is 18.4 Å². The molecule has 0 radical (unpaired) electrons. The van der Waals surface area contributed by atoms with E-state index in [0.29, 0.717) is 23.7 Å². The van der Waals surface area contributed by atoms with Crippen molar-refractivity contribution in [3.05, 3.63) is 102 Å². The van der Waals surface area contributed by atoms with Crippen LogP contribution in [0.1, 0.15) is 37.7 Å². The molecule has 1 aliphatic carbocycles. The van der Waals surface area contributed by atoms with Gasteiger partial charge in [0.25, 0.3) is 0 Å². The lowest BCUT2D eigenvalue weighted by atomic mass is 10.1. The molecule has 0 aliphatic heterocycles. The van der Waals surface area contributed by atoms with Gasteiger partial charge in [0.2, 0.25) is 11.8 Å². The summed E-state index contributed by atoms with van der Waals surface area (Å²) < 4.78 is 15.2. The molecular formula is C31H31FN4O2. The van der Waals surface area contributed by atoms with Crippen molar-refractivity contribution in [2.45, 2.75) is 32.1 Å². The molecule has 5 rings (SSSR count). The van der Waals surface area contributed by atoms with Gasteiger partial charge in [0.15, 0.2) is 0 Å². The zero-order valence-electron chi connectivity index (χ0n) is 21.4. The topological polar surface area (TPSA) is 67.2 Å². The zero-order chi connectivity index (χ0) is 26.5. The number of nitrogens with zero attached hydrogens (tertiary/aromatic N) is 3. The monoisotopic (exact) mass is 510 g/mol. The standard InChI is InChI=1S/C31H31FN4O2/c1-2-3-18-35(31(38)27-19-26(27)22-10-6-4-7-11-22)21-30(37)33-29-20-28(23-12-8-5-9-13-23)34-36(29)25-16-14-24(32)15-17-25/h4-17,20,26-27H,2-3,18-19,21H2,1H3,(H,33,37)/t26-,27+/m0/s1. The van der Waals surface area contributed by atoms with Gasteiger partial charge in [-0.2, -0.15) is 5.10 Å². The van der Waals surface area contributed by atoms with E-state index in [4.69, 9.17) is 0 Å². The lowest BCUT2D eigenvalue weighted by Gasteiger charge is -2.22. The average molecular weight is 511 g/mol. The first-order valence-electron chi connectivity index (χ1n) is 13.1. The third-order valence-electron chi connectivity index (χ3n) is 6.88. The number of aromatic nitrogens is 2. The molecule has 2 atom stereocenters. The van der Waals surface area contributed by atoms with Crippen LogP contribution in [0.2, 0.25) is 0 Å². The first-order chi connectivity index (χ1) is 18.5. The maximum absolute atomic E-state index is 13.6. The molecule has 7 heteroatoms. The van der Waals surface area contributed by atoms with Crippen LogP contribution in [0.5, 0.6) is 0 Å². The van der Waals surface area contributed by atoms with E-state index in [2.05, 4.69) is 29.5 Å². The highest BCUT2D eigenvalue weighted by atomic mass is 19.1. The van der Waals surface area contributed by atoms with Gasteiger partial charge in [-0.05, 0) is 48.6 Å². The van der Waals surface area contributed by atoms with E-state index in [9.17, 15) is 14.0 Å². The molecule has 1 aliphatic rings. The van der Waals surface area contributed by atoms with Gasteiger partial charge in [-0.1, -0.05) is 74.0 Å². The van der Waals surface area contributed by atoms with Crippen LogP contribution < -0.4 is 5.32 Å². The zero-order valence-corrected chi connectivity index (χ0v) is 21.4. The molecule has 4 aromatic rings. The molecule has 1 heterocycles. The Kier molecular flexibility index (Phi) is 7.63. The Morgan fingerprint density at radius 3 is 2.37 bits per heavy atom. The number of halogens is 1. The summed E-state index contributed by atoms with van der Waals surface area (Å²) in [5.41, 5.74) is 3.35. The molecule has 194 valence electrons. The molecule has 1 fully saturated rings. The number of anilines is 1. The Labute approximate surface area is 222 Å². The van der Waals surface area contributed by atoms with Crippen LogP contribution in [0, 0.1) is 11.7 Å². The Bertz CT molecular complexity index is 1390. The molecule has 2 amide bonds. The van der Waals surface area contributed by atoms with Gasteiger partial charge < -0.3 is 10.2 Å². The van der Waals surface area contributed by atoms with Crippen molar-refractivity contribution in [2.24, 2.45) is 5.92 Å². The molecule has 38 heavy (non-hydrogen) atoms. The van der Waals surface area contributed by atoms with Gasteiger partial charge >= 0.3 is 0 Å². The highest BCUT2D eigenvalue weighted by Gasteiger charge is 2.45. The molecule has 3 aromatic carbocycles. The number of nitrogens with one attached hydrogen (secondary N) is 1. The number of hydrogen-bond donors (Lipinski definition) is 1. The highest BCUT2D eigenvalue weighted by Crippen LogP contribution is 2.48. The van der Waals surface area contributed by atoms with E-state index < -0.39 is 0 Å². The van der Waals surface area contributed by atoms with Crippen molar-refractivity contribution in [1.82, 2.24) is 14.7 Å². The molecule has 1 N–H and O–H groups in total. The maximum atomic E-state index is 13.6. The van der Waals surface area contributed by atoms with Gasteiger partial charge in [-0.3, -0.25) is 9.59 Å². The van der Waals surface area contributed by atoms with E-state index in [0.717, 1.165) is 24.8 Å². The molecule has 0 unspecified atom stereocenters. The highest BCUT2D eigenvalue weighted by molar-refractivity contribution is 5.95. The summed E-state index contributed by atoms with van der Waals surface area (Å²) in [4.78, 5) is 28.3.